The molecule has 0 N–H and O–H groups in total. The molecule has 0 saturated heterocycles. The highest BCUT2D eigenvalue weighted by atomic mass is 79.9. The molecule has 0 radical (unpaired) electrons. The molecule has 0 heterocycles. The third kappa shape index (κ3) is 5.48. The maximum Gasteiger partial charge on any atom is 0.305 e. The first-order valence-corrected chi connectivity index (χ1v) is 8.63. The third-order valence-electron chi connectivity index (χ3n) is 3.94. The molecule has 0 bridgehead atoms. The van der Waals surface area contributed by atoms with E-state index < -0.39 is 0 Å². The lowest BCUT2D eigenvalue weighted by atomic mass is 10.1. The molecule has 1 aromatic carbocycles. The van der Waals surface area contributed by atoms with Crippen molar-refractivity contribution in [3.63, 3.8) is 0 Å². The molecule has 0 amide bonds. The zero-order valence-electron chi connectivity index (χ0n) is 13.1. The topological polar surface area (TPSA) is 35.5 Å². The lowest BCUT2D eigenvalue weighted by Gasteiger charge is -2.11. The van der Waals surface area contributed by atoms with Gasteiger partial charge in [-0.3, -0.25) is 4.79 Å². The van der Waals surface area contributed by atoms with Crippen molar-refractivity contribution in [3.8, 4) is 5.75 Å². The molecule has 22 heavy (non-hydrogen) atoms. The fourth-order valence-corrected chi connectivity index (χ4v) is 3.12. The van der Waals surface area contributed by atoms with Crippen LogP contribution in [0.25, 0.3) is 0 Å². The third-order valence-corrected chi connectivity index (χ3v) is 4.90. The minimum absolute atomic E-state index is 0.175. The first-order chi connectivity index (χ1) is 10.7. The first-order valence-electron chi connectivity index (χ1n) is 7.84. The number of hydrogen-bond acceptors (Lipinski definition) is 3. The molecule has 0 fully saturated rings. The number of allylic oxidation sites excluding steroid dienone is 1. The van der Waals surface area contributed by atoms with Gasteiger partial charge < -0.3 is 9.47 Å². The van der Waals surface area contributed by atoms with Crippen molar-refractivity contribution in [1.82, 2.24) is 0 Å². The molecule has 1 aliphatic carbocycles. The fraction of sp³-hybridized carbons (Fsp3) is 0.500. The van der Waals surface area contributed by atoms with E-state index in [1.54, 1.807) is 0 Å². The van der Waals surface area contributed by atoms with Crippen molar-refractivity contribution < 1.29 is 14.3 Å². The van der Waals surface area contributed by atoms with E-state index in [0.717, 1.165) is 24.2 Å². The van der Waals surface area contributed by atoms with Crippen LogP contribution in [-0.2, 0) is 16.0 Å². The van der Waals surface area contributed by atoms with Crippen LogP contribution >= 0.6 is 15.9 Å². The minimum Gasteiger partial charge on any atom is -0.489 e. The second kappa shape index (κ2) is 8.99. The quantitative estimate of drug-likeness (QED) is 0.679. The van der Waals surface area contributed by atoms with E-state index in [9.17, 15) is 4.79 Å². The van der Waals surface area contributed by atoms with Gasteiger partial charge in [-0.25, -0.2) is 0 Å². The molecule has 0 aliphatic heterocycles. The largest absolute Gasteiger partial charge is 0.489 e. The number of aryl methyl sites for hydroxylation is 1. The summed E-state index contributed by atoms with van der Waals surface area (Å²) in [6, 6.07) is 7.96. The summed E-state index contributed by atoms with van der Waals surface area (Å²) in [6.07, 6.45) is 7.18. The highest BCUT2D eigenvalue weighted by molar-refractivity contribution is 9.11. The summed E-state index contributed by atoms with van der Waals surface area (Å²) in [5.41, 5.74) is 2.50. The second-order valence-electron chi connectivity index (χ2n) is 5.58. The number of carbonyl (C=O) groups excluding carboxylic acids is 1. The van der Waals surface area contributed by atoms with Crippen LogP contribution in [0.2, 0.25) is 0 Å². The predicted octanol–water partition coefficient (Wildman–Crippen LogP) is 4.78. The summed E-state index contributed by atoms with van der Waals surface area (Å²) in [5, 5.41) is 0. The maximum atomic E-state index is 11.1. The Labute approximate surface area is 140 Å². The maximum absolute atomic E-state index is 11.1. The van der Waals surface area contributed by atoms with Crippen molar-refractivity contribution >= 4 is 21.9 Å². The fourth-order valence-electron chi connectivity index (χ4n) is 2.53. The summed E-state index contributed by atoms with van der Waals surface area (Å²) < 4.78 is 11.9. The van der Waals surface area contributed by atoms with E-state index in [-0.39, 0.29) is 5.97 Å². The van der Waals surface area contributed by atoms with Crippen LogP contribution in [0, 0.1) is 0 Å². The van der Waals surface area contributed by atoms with E-state index in [1.807, 2.05) is 24.3 Å². The molecule has 0 spiro atoms. The molecule has 1 aliphatic rings. The van der Waals surface area contributed by atoms with Crippen molar-refractivity contribution in [2.75, 3.05) is 13.7 Å². The smallest absolute Gasteiger partial charge is 0.305 e. The summed E-state index contributed by atoms with van der Waals surface area (Å²) in [4.78, 5) is 11.1. The van der Waals surface area contributed by atoms with Gasteiger partial charge in [0, 0.05) is 6.42 Å². The molecular formula is C18H23BrO3. The van der Waals surface area contributed by atoms with Crippen LogP contribution in [0.15, 0.2) is 34.3 Å². The van der Waals surface area contributed by atoms with Crippen molar-refractivity contribution in [3.05, 3.63) is 39.9 Å². The summed E-state index contributed by atoms with van der Waals surface area (Å²) in [7, 11) is 1.42. The van der Waals surface area contributed by atoms with Gasteiger partial charge in [-0.2, -0.15) is 0 Å². The molecule has 4 heteroatoms. The highest BCUT2D eigenvalue weighted by Crippen LogP contribution is 2.28. The van der Waals surface area contributed by atoms with Crippen LogP contribution in [-0.4, -0.2) is 19.7 Å². The zero-order chi connectivity index (χ0) is 15.8. The standard InChI is InChI=1S/C18H23BrO3/c1-21-18(20)12-9-14-7-10-16(11-8-14)22-13-15-5-3-2-4-6-17(15)19/h7-8,10-11H,2-6,9,12-13H2,1H3. The lowest BCUT2D eigenvalue weighted by molar-refractivity contribution is -0.140. The van der Waals surface area contributed by atoms with Crippen LogP contribution < -0.4 is 4.74 Å². The molecule has 0 unspecified atom stereocenters. The number of rotatable bonds is 6. The van der Waals surface area contributed by atoms with Gasteiger partial charge in [-0.05, 0) is 59.9 Å². The van der Waals surface area contributed by atoms with Crippen LogP contribution in [0.1, 0.15) is 44.1 Å². The molecule has 120 valence electrons. The SMILES string of the molecule is COC(=O)CCc1ccc(OCC2=C(Br)CCCCC2)cc1. The van der Waals surface area contributed by atoms with Crippen LogP contribution in [0.4, 0.5) is 0 Å². The number of halogens is 1. The molecule has 3 nitrogen and oxygen atoms in total. The van der Waals surface area contributed by atoms with Gasteiger partial charge in [-0.15, -0.1) is 0 Å². The Morgan fingerprint density at radius 3 is 2.59 bits per heavy atom. The average molecular weight is 367 g/mol. The Bertz CT molecular complexity index is 520. The van der Waals surface area contributed by atoms with Gasteiger partial charge >= 0.3 is 5.97 Å². The molecule has 0 atom stereocenters. The summed E-state index contributed by atoms with van der Waals surface area (Å²) >= 11 is 3.69. The summed E-state index contributed by atoms with van der Waals surface area (Å²) in [5.74, 6) is 0.698. The van der Waals surface area contributed by atoms with Crippen molar-refractivity contribution in [1.29, 1.82) is 0 Å². The van der Waals surface area contributed by atoms with Gasteiger partial charge in [0.1, 0.15) is 12.4 Å². The minimum atomic E-state index is -0.175. The van der Waals surface area contributed by atoms with Gasteiger partial charge in [0.25, 0.3) is 0 Å². The lowest BCUT2D eigenvalue weighted by Crippen LogP contribution is -2.03. The Morgan fingerprint density at radius 1 is 1.14 bits per heavy atom. The molecule has 1 aromatic rings. The van der Waals surface area contributed by atoms with E-state index in [2.05, 4.69) is 20.7 Å². The number of hydrogen-bond donors (Lipinski definition) is 0. The Balaban J connectivity index is 1.84. The van der Waals surface area contributed by atoms with Gasteiger partial charge in [0.15, 0.2) is 0 Å². The van der Waals surface area contributed by atoms with Gasteiger partial charge in [-0.1, -0.05) is 34.5 Å². The predicted molar refractivity (Wildman–Crippen MR) is 91.3 cm³/mol. The van der Waals surface area contributed by atoms with Gasteiger partial charge in [0.05, 0.1) is 7.11 Å². The van der Waals surface area contributed by atoms with Gasteiger partial charge in [0.2, 0.25) is 0 Å². The zero-order valence-corrected chi connectivity index (χ0v) is 14.7. The highest BCUT2D eigenvalue weighted by Gasteiger charge is 2.10. The average Bonchev–Trinajstić information content (AvgIpc) is 2.76. The number of carbonyl (C=O) groups is 1. The van der Waals surface area contributed by atoms with E-state index in [1.165, 1.54) is 36.4 Å². The molecule has 2 rings (SSSR count). The summed E-state index contributed by atoms with van der Waals surface area (Å²) in [6.45, 7) is 0.655. The number of ether oxygens (including phenoxy) is 2. The second-order valence-corrected chi connectivity index (χ2v) is 6.54. The number of benzene rings is 1. The number of esters is 1. The van der Waals surface area contributed by atoms with Crippen LogP contribution in [0.3, 0.4) is 0 Å². The number of methoxy groups -OCH3 is 1. The van der Waals surface area contributed by atoms with E-state index in [0.29, 0.717) is 19.4 Å². The normalized spacial score (nSPS) is 15.4. The van der Waals surface area contributed by atoms with Crippen molar-refractivity contribution in [2.24, 2.45) is 0 Å². The first kappa shape index (κ1) is 17.1. The molecule has 0 aromatic heterocycles. The Kier molecular flexibility index (Phi) is 6.97. The molecule has 0 saturated carbocycles. The van der Waals surface area contributed by atoms with E-state index in [4.69, 9.17) is 4.74 Å². The van der Waals surface area contributed by atoms with Crippen LogP contribution in [0.5, 0.6) is 5.75 Å². The monoisotopic (exact) mass is 366 g/mol. The van der Waals surface area contributed by atoms with E-state index >= 15 is 0 Å². The Morgan fingerprint density at radius 2 is 1.86 bits per heavy atom. The molecular weight excluding hydrogens is 344 g/mol. The Hall–Kier alpha value is -1.29. The van der Waals surface area contributed by atoms with Crippen molar-refractivity contribution in [2.45, 2.75) is 44.9 Å².